The number of piperidine rings is 1. The molecule has 0 atom stereocenters. The fourth-order valence-corrected chi connectivity index (χ4v) is 2.88. The molecule has 2 aliphatic rings. The van der Waals surface area contributed by atoms with E-state index in [2.05, 4.69) is 18.7 Å². The van der Waals surface area contributed by atoms with Crippen LogP contribution in [0.15, 0.2) is 0 Å². The van der Waals surface area contributed by atoms with Crippen molar-refractivity contribution in [2.45, 2.75) is 45.3 Å². The third-order valence-corrected chi connectivity index (χ3v) is 4.19. The van der Waals surface area contributed by atoms with Gasteiger partial charge in [-0.1, -0.05) is 13.8 Å². The van der Waals surface area contributed by atoms with Crippen LogP contribution in [-0.2, 0) is 9.47 Å². The highest BCUT2D eigenvalue weighted by Gasteiger charge is 2.40. The van der Waals surface area contributed by atoms with Crippen molar-refractivity contribution in [3.63, 3.8) is 0 Å². The summed E-state index contributed by atoms with van der Waals surface area (Å²) in [4.78, 5) is 2.49. The molecule has 2 fully saturated rings. The Bertz CT molecular complexity index is 263. The Balaban J connectivity index is 1.73. The smallest absolute Gasteiger partial charge is 0.181 e. The van der Waals surface area contributed by atoms with Crippen molar-refractivity contribution in [2.24, 2.45) is 11.1 Å². The zero-order valence-electron chi connectivity index (χ0n) is 11.9. The summed E-state index contributed by atoms with van der Waals surface area (Å²) in [6, 6.07) is 0. The summed E-state index contributed by atoms with van der Waals surface area (Å²) in [7, 11) is 0. The van der Waals surface area contributed by atoms with Gasteiger partial charge in [-0.3, -0.25) is 4.90 Å². The first-order chi connectivity index (χ1) is 8.55. The monoisotopic (exact) mass is 256 g/mol. The molecular formula is C14H28N2O2. The summed E-state index contributed by atoms with van der Waals surface area (Å²) in [5.74, 6) is -0.276. The van der Waals surface area contributed by atoms with E-state index < -0.39 is 0 Å². The maximum atomic E-state index is 5.80. The van der Waals surface area contributed by atoms with Gasteiger partial charge in [-0.2, -0.15) is 0 Å². The molecule has 1 spiro atoms. The van der Waals surface area contributed by atoms with Crippen molar-refractivity contribution in [3.05, 3.63) is 0 Å². The molecule has 0 unspecified atom stereocenters. The highest BCUT2D eigenvalue weighted by molar-refractivity contribution is 4.84. The van der Waals surface area contributed by atoms with Gasteiger partial charge in [-0.15, -0.1) is 0 Å². The normalized spacial score (nSPS) is 24.8. The molecule has 2 saturated heterocycles. The molecule has 0 aliphatic carbocycles. The van der Waals surface area contributed by atoms with Gasteiger partial charge in [0.25, 0.3) is 0 Å². The first-order valence-electron chi connectivity index (χ1n) is 7.26. The van der Waals surface area contributed by atoms with Gasteiger partial charge in [0.1, 0.15) is 0 Å². The van der Waals surface area contributed by atoms with Gasteiger partial charge in [-0.25, -0.2) is 0 Å². The van der Waals surface area contributed by atoms with Gasteiger partial charge in [0.05, 0.1) is 19.8 Å². The van der Waals surface area contributed by atoms with E-state index >= 15 is 0 Å². The second-order valence-corrected chi connectivity index (χ2v) is 6.46. The maximum Gasteiger partial charge on any atom is 0.181 e. The van der Waals surface area contributed by atoms with Gasteiger partial charge in [-0.05, 0) is 44.3 Å². The lowest BCUT2D eigenvalue weighted by molar-refractivity contribution is -0.189. The molecule has 2 heterocycles. The number of nitrogens with two attached hydrogens (primary N) is 1. The van der Waals surface area contributed by atoms with Crippen molar-refractivity contribution in [3.8, 4) is 0 Å². The molecule has 2 N–H and O–H groups in total. The predicted molar refractivity (Wildman–Crippen MR) is 72.4 cm³/mol. The number of hydrogen-bond donors (Lipinski definition) is 1. The molecule has 0 aromatic carbocycles. The van der Waals surface area contributed by atoms with E-state index in [1.165, 1.54) is 25.8 Å². The van der Waals surface area contributed by atoms with Crippen LogP contribution in [0.3, 0.4) is 0 Å². The largest absolute Gasteiger partial charge is 0.346 e. The van der Waals surface area contributed by atoms with Crippen LogP contribution in [-0.4, -0.2) is 50.1 Å². The maximum absolute atomic E-state index is 5.80. The van der Waals surface area contributed by atoms with Crippen molar-refractivity contribution in [1.82, 2.24) is 4.90 Å². The summed E-state index contributed by atoms with van der Waals surface area (Å²) >= 11 is 0. The first kappa shape index (κ1) is 14.3. The van der Waals surface area contributed by atoms with E-state index in [4.69, 9.17) is 15.2 Å². The Morgan fingerprint density at radius 3 is 2.67 bits per heavy atom. The third-order valence-electron chi connectivity index (χ3n) is 4.19. The Morgan fingerprint density at radius 2 is 2.00 bits per heavy atom. The van der Waals surface area contributed by atoms with Crippen molar-refractivity contribution >= 4 is 0 Å². The van der Waals surface area contributed by atoms with E-state index in [-0.39, 0.29) is 11.2 Å². The van der Waals surface area contributed by atoms with E-state index in [1.807, 2.05) is 0 Å². The van der Waals surface area contributed by atoms with Crippen LogP contribution >= 0.6 is 0 Å². The molecule has 0 amide bonds. The number of nitrogens with zero attached hydrogens (tertiary/aromatic N) is 1. The molecule has 0 aromatic rings. The van der Waals surface area contributed by atoms with Crippen LogP contribution in [0.5, 0.6) is 0 Å². The number of likely N-dealkylation sites (tertiary alicyclic amines) is 1. The van der Waals surface area contributed by atoms with Gasteiger partial charge in [0.15, 0.2) is 5.79 Å². The van der Waals surface area contributed by atoms with E-state index in [0.717, 1.165) is 39.3 Å². The zero-order chi connectivity index (χ0) is 13.1. The minimum Gasteiger partial charge on any atom is -0.346 e. The zero-order valence-corrected chi connectivity index (χ0v) is 11.9. The van der Waals surface area contributed by atoms with Crippen molar-refractivity contribution in [2.75, 3.05) is 39.4 Å². The first-order valence-corrected chi connectivity index (χ1v) is 7.26. The minimum atomic E-state index is -0.276. The predicted octanol–water partition coefficient (Wildman–Crippen LogP) is 1.59. The summed E-state index contributed by atoms with van der Waals surface area (Å²) in [5.41, 5.74) is 6.04. The summed E-state index contributed by atoms with van der Waals surface area (Å²) in [5, 5.41) is 0. The highest BCUT2D eigenvalue weighted by Crippen LogP contribution is 2.30. The Kier molecular flexibility index (Phi) is 4.64. The number of hydrogen-bond acceptors (Lipinski definition) is 4. The molecule has 4 nitrogen and oxygen atoms in total. The van der Waals surface area contributed by atoms with E-state index in [1.54, 1.807) is 0 Å². The lowest BCUT2D eigenvalue weighted by Gasteiger charge is -2.39. The van der Waals surface area contributed by atoms with E-state index in [0.29, 0.717) is 0 Å². The summed E-state index contributed by atoms with van der Waals surface area (Å²) in [6.07, 6.45) is 4.63. The Hall–Kier alpha value is -0.160. The van der Waals surface area contributed by atoms with Gasteiger partial charge >= 0.3 is 0 Å². The van der Waals surface area contributed by atoms with Crippen LogP contribution in [0.25, 0.3) is 0 Å². The molecule has 2 rings (SSSR count). The lowest BCUT2D eigenvalue weighted by atomic mass is 9.88. The molecule has 18 heavy (non-hydrogen) atoms. The van der Waals surface area contributed by atoms with Crippen molar-refractivity contribution in [1.29, 1.82) is 0 Å². The molecule has 0 radical (unpaired) electrons. The molecule has 2 aliphatic heterocycles. The Morgan fingerprint density at radius 1 is 1.28 bits per heavy atom. The van der Waals surface area contributed by atoms with Crippen LogP contribution in [0.4, 0.5) is 0 Å². The second kappa shape index (κ2) is 5.87. The molecule has 106 valence electrons. The molecule has 0 aromatic heterocycles. The van der Waals surface area contributed by atoms with Crippen molar-refractivity contribution < 1.29 is 9.47 Å². The molecule has 0 saturated carbocycles. The second-order valence-electron chi connectivity index (χ2n) is 6.46. The summed E-state index contributed by atoms with van der Waals surface area (Å²) in [6.45, 7) is 10.0. The highest BCUT2D eigenvalue weighted by atomic mass is 16.7. The minimum absolute atomic E-state index is 0.272. The SMILES string of the molecule is CC(C)(CN)CCCN1CCCC2(C1)OCCO2. The molecule has 0 bridgehead atoms. The average molecular weight is 256 g/mol. The fraction of sp³-hybridized carbons (Fsp3) is 1.00. The van der Waals surface area contributed by atoms with Crippen LogP contribution < -0.4 is 5.73 Å². The third kappa shape index (κ3) is 3.67. The van der Waals surface area contributed by atoms with Gasteiger partial charge < -0.3 is 15.2 Å². The topological polar surface area (TPSA) is 47.7 Å². The number of rotatable bonds is 5. The standard InChI is InChI=1S/C14H28N2O2/c1-13(2,11-15)5-3-7-16-8-4-6-14(12-16)17-9-10-18-14/h3-12,15H2,1-2H3. The summed E-state index contributed by atoms with van der Waals surface area (Å²) < 4.78 is 11.6. The number of ether oxygens (including phenoxy) is 2. The van der Waals surface area contributed by atoms with Crippen LogP contribution in [0, 0.1) is 5.41 Å². The lowest BCUT2D eigenvalue weighted by Crippen LogP contribution is -2.49. The van der Waals surface area contributed by atoms with Crippen LogP contribution in [0.2, 0.25) is 0 Å². The molecular weight excluding hydrogens is 228 g/mol. The fourth-order valence-electron chi connectivity index (χ4n) is 2.88. The van der Waals surface area contributed by atoms with Gasteiger partial charge in [0.2, 0.25) is 0 Å². The average Bonchev–Trinajstić information content (AvgIpc) is 2.77. The Labute approximate surface area is 111 Å². The van der Waals surface area contributed by atoms with Gasteiger partial charge in [0, 0.05) is 6.42 Å². The molecule has 4 heteroatoms. The van der Waals surface area contributed by atoms with E-state index in [9.17, 15) is 0 Å². The van der Waals surface area contributed by atoms with Crippen LogP contribution in [0.1, 0.15) is 39.5 Å². The quantitative estimate of drug-likeness (QED) is 0.811.